The number of hydrogen-bond donors (Lipinski definition) is 3. The number of amides is 1. The molecule has 3 heterocycles. The van der Waals surface area contributed by atoms with Gasteiger partial charge in [-0.2, -0.15) is 23.5 Å². The molecule has 2 aromatic rings. The van der Waals surface area contributed by atoms with Crippen molar-refractivity contribution in [1.29, 1.82) is 5.26 Å². The number of halogens is 5. The lowest BCUT2D eigenvalue weighted by molar-refractivity contribution is -0.149. The van der Waals surface area contributed by atoms with Crippen LogP contribution in [0.5, 0.6) is 0 Å². The molecule has 0 bridgehead atoms. The third-order valence-corrected chi connectivity index (χ3v) is 6.93. The first-order valence-corrected chi connectivity index (χ1v) is 11.4. The Kier molecular flexibility index (Phi) is 6.70. The molecule has 8 nitrogen and oxygen atoms in total. The zero-order valence-corrected chi connectivity index (χ0v) is 19.8. The summed E-state index contributed by atoms with van der Waals surface area (Å²) in [4.78, 5) is 13.6. The van der Waals surface area contributed by atoms with Crippen molar-refractivity contribution in [3.05, 3.63) is 47.3 Å². The van der Waals surface area contributed by atoms with Crippen molar-refractivity contribution in [3.8, 4) is 6.07 Å². The molecular weight excluding hydrogens is 485 g/mol. The molecule has 2 saturated heterocycles. The number of benzene rings is 1. The van der Waals surface area contributed by atoms with Gasteiger partial charge in [-0.1, -0.05) is 0 Å². The monoisotopic (exact) mass is 511 g/mol. The predicted octanol–water partition coefficient (Wildman–Crippen LogP) is 2.94. The average Bonchev–Trinajstić information content (AvgIpc) is 3.37. The summed E-state index contributed by atoms with van der Waals surface area (Å²) >= 11 is 0. The van der Waals surface area contributed by atoms with Crippen LogP contribution >= 0.6 is 0 Å². The van der Waals surface area contributed by atoms with E-state index in [0.717, 1.165) is 11.6 Å². The van der Waals surface area contributed by atoms with Gasteiger partial charge in [0.25, 0.3) is 5.91 Å². The van der Waals surface area contributed by atoms with Crippen molar-refractivity contribution in [2.75, 3.05) is 18.0 Å². The molecule has 1 aromatic heterocycles. The summed E-state index contributed by atoms with van der Waals surface area (Å²) in [6.45, 7) is 5.10. The van der Waals surface area contributed by atoms with Gasteiger partial charge in [0.05, 0.1) is 29.9 Å². The van der Waals surface area contributed by atoms with Gasteiger partial charge in [-0.15, -0.1) is 0 Å². The highest BCUT2D eigenvalue weighted by atomic mass is 19.4. The first-order chi connectivity index (χ1) is 16.9. The lowest BCUT2D eigenvalue weighted by Gasteiger charge is -2.50. The van der Waals surface area contributed by atoms with Crippen LogP contribution in [0.2, 0.25) is 0 Å². The second-order valence-corrected chi connectivity index (χ2v) is 9.55. The Morgan fingerprint density at radius 3 is 2.47 bits per heavy atom. The zero-order valence-electron chi connectivity index (χ0n) is 19.8. The lowest BCUT2D eigenvalue weighted by atomic mass is 9.85. The van der Waals surface area contributed by atoms with Crippen molar-refractivity contribution >= 4 is 11.6 Å². The fourth-order valence-electron chi connectivity index (χ4n) is 4.85. The summed E-state index contributed by atoms with van der Waals surface area (Å²) in [7, 11) is 0. The van der Waals surface area contributed by atoms with E-state index >= 15 is 0 Å². The van der Waals surface area contributed by atoms with Crippen LogP contribution in [0.4, 0.5) is 27.6 Å². The molecule has 2 fully saturated rings. The van der Waals surface area contributed by atoms with Crippen LogP contribution in [0.1, 0.15) is 49.0 Å². The highest BCUT2D eigenvalue weighted by Crippen LogP contribution is 2.39. The fourth-order valence-corrected chi connectivity index (χ4v) is 4.85. The predicted molar refractivity (Wildman–Crippen MR) is 120 cm³/mol. The Bertz CT molecular complexity index is 1170. The molecule has 0 radical (unpaired) electrons. The molecule has 1 aromatic carbocycles. The number of nitriles is 1. The molecule has 2 aliphatic heterocycles. The van der Waals surface area contributed by atoms with E-state index < -0.39 is 40.9 Å². The molecule has 0 spiro atoms. The maximum atomic E-state index is 14.9. The molecule has 13 heteroatoms. The average molecular weight is 511 g/mol. The summed E-state index contributed by atoms with van der Waals surface area (Å²) in [5.41, 5.74) is 5.60. The summed E-state index contributed by atoms with van der Waals surface area (Å²) in [5, 5.41) is 15.5. The number of anilines is 1. The number of aromatic nitrogens is 2. The van der Waals surface area contributed by atoms with Crippen molar-refractivity contribution in [3.63, 3.8) is 0 Å². The lowest BCUT2D eigenvalue weighted by Crippen LogP contribution is -2.63. The van der Waals surface area contributed by atoms with Gasteiger partial charge in [0, 0.05) is 43.4 Å². The molecule has 0 aliphatic carbocycles. The zero-order chi connectivity index (χ0) is 26.4. The van der Waals surface area contributed by atoms with Crippen LogP contribution in [0.15, 0.2) is 24.5 Å². The minimum absolute atomic E-state index is 0.0802. The maximum absolute atomic E-state index is 14.9. The molecule has 0 saturated carbocycles. The molecule has 3 atom stereocenters. The summed E-state index contributed by atoms with van der Waals surface area (Å²) in [6.07, 6.45) is -1.03. The van der Waals surface area contributed by atoms with E-state index in [4.69, 9.17) is 0 Å². The van der Waals surface area contributed by atoms with E-state index in [1.165, 1.54) is 4.90 Å². The van der Waals surface area contributed by atoms with E-state index in [9.17, 15) is 32.0 Å². The second kappa shape index (κ2) is 9.33. The highest BCUT2D eigenvalue weighted by molar-refractivity contribution is 5.95. The van der Waals surface area contributed by atoms with Gasteiger partial charge in [-0.25, -0.2) is 8.78 Å². The minimum atomic E-state index is -4.72. The fraction of sp³-hybridized carbons (Fsp3) is 0.522. The molecule has 1 amide bonds. The first-order valence-electron chi connectivity index (χ1n) is 11.4. The quantitative estimate of drug-likeness (QED) is 0.516. The van der Waals surface area contributed by atoms with E-state index in [0.29, 0.717) is 13.0 Å². The van der Waals surface area contributed by atoms with Crippen molar-refractivity contribution in [2.24, 2.45) is 0 Å². The van der Waals surface area contributed by atoms with Crippen LogP contribution in [0.25, 0.3) is 0 Å². The SMILES string of the molecule is CC1NNC(C)C1c1cnn(C2(CC#N)CN(c3cc(F)c(C(=O)N[C@H](C)C(F)(F)F)cc3F)C2)c1. The van der Waals surface area contributed by atoms with Crippen LogP contribution in [-0.2, 0) is 5.54 Å². The number of carbonyl (C=O) groups excluding carboxylic acids is 1. The number of nitrogens with one attached hydrogen (secondary N) is 3. The largest absolute Gasteiger partial charge is 0.408 e. The van der Waals surface area contributed by atoms with Crippen molar-refractivity contribution in [2.45, 2.75) is 63.0 Å². The van der Waals surface area contributed by atoms with Gasteiger partial charge in [-0.05, 0) is 32.4 Å². The van der Waals surface area contributed by atoms with E-state index in [1.807, 2.05) is 20.0 Å². The smallest absolute Gasteiger partial charge is 0.364 e. The Balaban J connectivity index is 1.52. The summed E-state index contributed by atoms with van der Waals surface area (Å²) in [5.74, 6) is -3.33. The molecular formula is C23H26F5N7O. The number of hydrogen-bond acceptors (Lipinski definition) is 6. The van der Waals surface area contributed by atoms with Crippen LogP contribution < -0.4 is 21.1 Å². The van der Waals surface area contributed by atoms with Crippen LogP contribution in [-0.4, -0.2) is 53.1 Å². The Hall–Kier alpha value is -3.24. The molecule has 194 valence electrons. The van der Waals surface area contributed by atoms with Gasteiger partial charge < -0.3 is 10.2 Å². The number of nitrogens with zero attached hydrogens (tertiary/aromatic N) is 4. The van der Waals surface area contributed by atoms with Gasteiger partial charge in [-0.3, -0.25) is 20.3 Å². The molecule has 2 unspecified atom stereocenters. The minimum Gasteiger partial charge on any atom is -0.364 e. The second-order valence-electron chi connectivity index (χ2n) is 9.55. The Morgan fingerprint density at radius 2 is 1.89 bits per heavy atom. The van der Waals surface area contributed by atoms with Crippen LogP contribution in [0.3, 0.4) is 0 Å². The molecule has 36 heavy (non-hydrogen) atoms. The summed E-state index contributed by atoms with van der Waals surface area (Å²) < 4.78 is 69.3. The Labute approximate surface area is 204 Å². The number of alkyl halides is 3. The number of carbonyl (C=O) groups is 1. The number of hydrazine groups is 1. The van der Waals surface area contributed by atoms with Gasteiger partial charge in [0.15, 0.2) is 0 Å². The molecule has 2 aliphatic rings. The van der Waals surface area contributed by atoms with Crippen molar-refractivity contribution < 1.29 is 26.7 Å². The van der Waals surface area contributed by atoms with Gasteiger partial charge in [0.2, 0.25) is 0 Å². The van der Waals surface area contributed by atoms with Gasteiger partial charge in [0.1, 0.15) is 23.2 Å². The number of rotatable bonds is 6. The highest BCUT2D eigenvalue weighted by Gasteiger charge is 2.47. The third kappa shape index (κ3) is 4.62. The first kappa shape index (κ1) is 25.8. The third-order valence-electron chi connectivity index (χ3n) is 6.93. The normalized spacial score (nSPS) is 24.2. The summed E-state index contributed by atoms with van der Waals surface area (Å²) in [6, 6.07) is 1.60. The topological polar surface area (TPSA) is 98.0 Å². The van der Waals surface area contributed by atoms with E-state index in [-0.39, 0.29) is 43.2 Å². The molecule has 4 rings (SSSR count). The van der Waals surface area contributed by atoms with Crippen molar-refractivity contribution in [1.82, 2.24) is 25.9 Å². The standard InChI is InChI=1S/C23H26F5N7O/c1-12-20(13(2)33-32-12)15-8-30-35(9-15)22(4-5-29)10-34(11-22)19-7-17(24)16(6-18(19)25)21(36)31-14(3)23(26,27)28/h6-9,12-14,20,32-33H,4,10-11H2,1-3H3,(H,31,36)/t12?,13?,14-,20?/m1/s1. The van der Waals surface area contributed by atoms with Crippen LogP contribution in [0, 0.1) is 23.0 Å². The molecule has 3 N–H and O–H groups in total. The maximum Gasteiger partial charge on any atom is 0.408 e. The Morgan fingerprint density at radius 1 is 1.25 bits per heavy atom. The van der Waals surface area contributed by atoms with E-state index in [1.54, 1.807) is 16.2 Å². The van der Waals surface area contributed by atoms with Gasteiger partial charge >= 0.3 is 6.18 Å². The van der Waals surface area contributed by atoms with E-state index in [2.05, 4.69) is 22.0 Å².